The second kappa shape index (κ2) is 6.13. The summed E-state index contributed by atoms with van der Waals surface area (Å²) in [6.45, 7) is 1.76. The number of hydrogen-bond acceptors (Lipinski definition) is 2. The van der Waals surface area contributed by atoms with Crippen LogP contribution < -0.4 is 5.32 Å². The predicted octanol–water partition coefficient (Wildman–Crippen LogP) is 4.53. The normalized spacial score (nSPS) is 14.9. The van der Waals surface area contributed by atoms with E-state index >= 15 is 0 Å². The van der Waals surface area contributed by atoms with Crippen molar-refractivity contribution in [1.29, 1.82) is 0 Å². The van der Waals surface area contributed by atoms with Gasteiger partial charge in [0.25, 0.3) is 0 Å². The first-order valence-corrected chi connectivity index (χ1v) is 6.51. The molecule has 1 unspecified atom stereocenters. The molecule has 0 bridgehead atoms. The molecule has 1 nitrogen and oxygen atoms in total. The van der Waals surface area contributed by atoms with Crippen molar-refractivity contribution >= 4 is 11.3 Å². The van der Waals surface area contributed by atoms with Crippen LogP contribution in [0, 0.1) is 5.92 Å². The van der Waals surface area contributed by atoms with Gasteiger partial charge in [-0.15, -0.1) is 0 Å². The summed E-state index contributed by atoms with van der Waals surface area (Å²) >= 11 is 1.07. The zero-order valence-electron chi connectivity index (χ0n) is 9.98. The molecular weight excluding hydrogens is 292 g/mol. The SMILES string of the molecule is CCCNC(c1ccsc1)C(C(F)(F)F)C(F)(F)F. The topological polar surface area (TPSA) is 12.0 Å². The smallest absolute Gasteiger partial charge is 0.309 e. The van der Waals surface area contributed by atoms with Gasteiger partial charge in [0.15, 0.2) is 5.92 Å². The highest BCUT2D eigenvalue weighted by Crippen LogP contribution is 2.46. The lowest BCUT2D eigenvalue weighted by atomic mass is 9.93. The molecule has 110 valence electrons. The molecule has 0 fully saturated rings. The highest BCUT2D eigenvalue weighted by Gasteiger charge is 2.60. The first kappa shape index (κ1) is 16.3. The molecule has 0 spiro atoms. The minimum Gasteiger partial charge on any atom is -0.309 e. The summed E-state index contributed by atoms with van der Waals surface area (Å²) in [4.78, 5) is 0. The van der Waals surface area contributed by atoms with E-state index in [1.165, 1.54) is 16.8 Å². The van der Waals surface area contributed by atoms with Crippen molar-refractivity contribution in [3.05, 3.63) is 22.4 Å². The summed E-state index contributed by atoms with van der Waals surface area (Å²) in [5, 5.41) is 5.11. The van der Waals surface area contributed by atoms with Gasteiger partial charge in [0, 0.05) is 0 Å². The lowest BCUT2D eigenvalue weighted by Crippen LogP contribution is -2.45. The van der Waals surface area contributed by atoms with Gasteiger partial charge in [-0.25, -0.2) is 0 Å². The molecule has 1 atom stereocenters. The van der Waals surface area contributed by atoms with Crippen molar-refractivity contribution in [3.63, 3.8) is 0 Å². The number of halogens is 6. The Labute approximate surface area is 110 Å². The fourth-order valence-electron chi connectivity index (χ4n) is 1.74. The summed E-state index contributed by atoms with van der Waals surface area (Å²) in [7, 11) is 0. The van der Waals surface area contributed by atoms with Crippen LogP contribution in [0.2, 0.25) is 0 Å². The maximum absolute atomic E-state index is 12.7. The van der Waals surface area contributed by atoms with Gasteiger partial charge >= 0.3 is 12.4 Å². The molecule has 0 aromatic carbocycles. The molecule has 0 radical (unpaired) electrons. The fourth-order valence-corrected chi connectivity index (χ4v) is 2.44. The van der Waals surface area contributed by atoms with Gasteiger partial charge in [0.05, 0.1) is 6.04 Å². The van der Waals surface area contributed by atoms with Crippen LogP contribution in [0.15, 0.2) is 16.8 Å². The zero-order chi connectivity index (χ0) is 14.7. The maximum atomic E-state index is 12.7. The van der Waals surface area contributed by atoms with E-state index in [0.29, 0.717) is 6.42 Å². The Morgan fingerprint density at radius 1 is 1.16 bits per heavy atom. The third kappa shape index (κ3) is 4.38. The quantitative estimate of drug-likeness (QED) is 0.788. The Bertz CT molecular complexity index is 356. The Morgan fingerprint density at radius 3 is 2.11 bits per heavy atom. The van der Waals surface area contributed by atoms with Crippen LogP contribution >= 0.6 is 11.3 Å². The second-order valence-corrected chi connectivity index (χ2v) is 4.83. The van der Waals surface area contributed by atoms with E-state index in [0.717, 1.165) is 11.3 Å². The third-order valence-electron chi connectivity index (χ3n) is 2.56. The average Bonchev–Trinajstić information content (AvgIpc) is 2.73. The summed E-state index contributed by atoms with van der Waals surface area (Å²) in [5.74, 6) is -3.40. The average molecular weight is 305 g/mol. The predicted molar refractivity (Wildman–Crippen MR) is 61.0 cm³/mol. The molecule has 19 heavy (non-hydrogen) atoms. The molecule has 1 rings (SSSR count). The summed E-state index contributed by atoms with van der Waals surface area (Å²) in [6.07, 6.45) is -10.2. The van der Waals surface area contributed by atoms with Gasteiger partial charge in [0.1, 0.15) is 0 Å². The Hall–Kier alpha value is -0.760. The van der Waals surface area contributed by atoms with Gasteiger partial charge < -0.3 is 5.32 Å². The number of nitrogens with one attached hydrogen (secondary N) is 1. The van der Waals surface area contributed by atoms with Gasteiger partial charge in [-0.1, -0.05) is 6.92 Å². The van der Waals surface area contributed by atoms with E-state index < -0.39 is 24.3 Å². The third-order valence-corrected chi connectivity index (χ3v) is 3.26. The molecule has 0 saturated heterocycles. The Kier molecular flexibility index (Phi) is 5.26. The van der Waals surface area contributed by atoms with Crippen LogP contribution in [0.5, 0.6) is 0 Å². The number of rotatable bonds is 5. The number of thiophene rings is 1. The molecule has 1 heterocycles. The van der Waals surface area contributed by atoms with E-state index in [-0.39, 0.29) is 12.1 Å². The van der Waals surface area contributed by atoms with E-state index in [1.807, 2.05) is 0 Å². The molecule has 0 saturated carbocycles. The lowest BCUT2D eigenvalue weighted by Gasteiger charge is -2.31. The monoisotopic (exact) mass is 305 g/mol. The van der Waals surface area contributed by atoms with E-state index in [2.05, 4.69) is 5.32 Å². The van der Waals surface area contributed by atoms with Crippen molar-refractivity contribution in [2.45, 2.75) is 31.7 Å². The molecule has 1 aromatic rings. The van der Waals surface area contributed by atoms with Gasteiger partial charge in [-0.05, 0) is 35.4 Å². The molecule has 1 aromatic heterocycles. The van der Waals surface area contributed by atoms with Crippen molar-refractivity contribution < 1.29 is 26.3 Å². The van der Waals surface area contributed by atoms with Gasteiger partial charge in [-0.2, -0.15) is 37.7 Å². The highest BCUT2D eigenvalue weighted by atomic mass is 32.1. The number of hydrogen-bond donors (Lipinski definition) is 1. The van der Waals surface area contributed by atoms with E-state index in [4.69, 9.17) is 0 Å². The molecule has 0 aliphatic carbocycles. The van der Waals surface area contributed by atoms with Crippen LogP contribution in [0.25, 0.3) is 0 Å². The largest absolute Gasteiger partial charge is 0.402 e. The standard InChI is InChI=1S/C11H13F6NS/c1-2-4-18-8(7-3-5-19-6-7)9(10(12,13)14)11(15,16)17/h3,5-6,8-9,18H,2,4H2,1H3. The molecular formula is C11H13F6NS. The summed E-state index contributed by atoms with van der Waals surface area (Å²) in [5.41, 5.74) is 0.0121. The van der Waals surface area contributed by atoms with Crippen LogP contribution in [-0.4, -0.2) is 18.9 Å². The lowest BCUT2D eigenvalue weighted by molar-refractivity contribution is -0.292. The summed E-state index contributed by atoms with van der Waals surface area (Å²) in [6, 6.07) is -0.520. The Balaban J connectivity index is 3.11. The van der Waals surface area contributed by atoms with Crippen molar-refractivity contribution in [2.24, 2.45) is 5.92 Å². The summed E-state index contributed by atoms with van der Waals surface area (Å²) < 4.78 is 76.4. The minimum absolute atomic E-state index is 0.0121. The van der Waals surface area contributed by atoms with E-state index in [9.17, 15) is 26.3 Å². The Morgan fingerprint density at radius 2 is 1.74 bits per heavy atom. The van der Waals surface area contributed by atoms with Crippen LogP contribution in [0.3, 0.4) is 0 Å². The van der Waals surface area contributed by atoms with Crippen molar-refractivity contribution in [1.82, 2.24) is 5.32 Å². The van der Waals surface area contributed by atoms with Crippen LogP contribution in [0.1, 0.15) is 24.9 Å². The van der Waals surface area contributed by atoms with Gasteiger partial charge in [-0.3, -0.25) is 0 Å². The molecule has 8 heteroatoms. The zero-order valence-corrected chi connectivity index (χ0v) is 10.8. The molecule has 0 aliphatic rings. The number of alkyl halides is 6. The fraction of sp³-hybridized carbons (Fsp3) is 0.636. The van der Waals surface area contributed by atoms with Crippen molar-refractivity contribution in [2.75, 3.05) is 6.54 Å². The van der Waals surface area contributed by atoms with Crippen LogP contribution in [-0.2, 0) is 0 Å². The van der Waals surface area contributed by atoms with E-state index in [1.54, 1.807) is 6.92 Å². The van der Waals surface area contributed by atoms with Gasteiger partial charge in [0.2, 0.25) is 0 Å². The van der Waals surface area contributed by atoms with Crippen molar-refractivity contribution in [3.8, 4) is 0 Å². The first-order chi connectivity index (χ1) is 8.68. The second-order valence-electron chi connectivity index (χ2n) is 4.05. The van der Waals surface area contributed by atoms with Crippen LogP contribution in [0.4, 0.5) is 26.3 Å². The highest BCUT2D eigenvalue weighted by molar-refractivity contribution is 7.07. The molecule has 1 N–H and O–H groups in total. The maximum Gasteiger partial charge on any atom is 0.402 e. The first-order valence-electron chi connectivity index (χ1n) is 5.56. The molecule has 0 aliphatic heterocycles. The molecule has 0 amide bonds. The minimum atomic E-state index is -5.34.